The van der Waals surface area contributed by atoms with Crippen LogP contribution in [-0.4, -0.2) is 69.4 Å². The van der Waals surface area contributed by atoms with Gasteiger partial charge in [0.25, 0.3) is 0 Å². The van der Waals surface area contributed by atoms with Gasteiger partial charge in [-0.25, -0.2) is 9.97 Å². The Balaban J connectivity index is 0.995. The number of benzene rings is 3. The fourth-order valence-corrected chi connectivity index (χ4v) is 10.1. The maximum Gasteiger partial charge on any atom is 0.202 e. The smallest absolute Gasteiger partial charge is 0.202 e. The molecular weight excluding hydrogens is 761 g/mol. The van der Waals surface area contributed by atoms with Crippen LogP contribution in [-0.2, 0) is 30.7 Å². The lowest BCUT2D eigenvalue weighted by atomic mass is 9.90. The number of rotatable bonds is 9. The molecule has 2 saturated heterocycles. The summed E-state index contributed by atoms with van der Waals surface area (Å²) in [5.74, 6) is 0.584. The van der Waals surface area contributed by atoms with Crippen molar-refractivity contribution in [1.29, 1.82) is 0 Å². The first-order valence-corrected chi connectivity index (χ1v) is 21.3. The molecule has 2 aliphatic rings. The first-order chi connectivity index (χ1) is 27.7. The summed E-state index contributed by atoms with van der Waals surface area (Å²) < 4.78 is 18.8. The van der Waals surface area contributed by atoms with E-state index in [0.717, 1.165) is 59.7 Å². The molecular formula is C44H44N4O7S2. The summed E-state index contributed by atoms with van der Waals surface area (Å²) in [6, 6.07) is 9.89. The molecule has 0 aliphatic carbocycles. The Labute approximate surface area is 336 Å². The van der Waals surface area contributed by atoms with Crippen LogP contribution in [0.2, 0.25) is 0 Å². The molecule has 7 aromatic rings. The molecule has 6 heterocycles. The molecule has 294 valence electrons. The number of hydrogen-bond acceptors (Lipinski definition) is 13. The van der Waals surface area contributed by atoms with Crippen molar-refractivity contribution in [1.82, 2.24) is 19.8 Å². The predicted octanol–water partition coefficient (Wildman–Crippen LogP) is 8.36. The Bertz CT molecular complexity index is 2780. The third kappa shape index (κ3) is 6.95. The van der Waals surface area contributed by atoms with Crippen LogP contribution in [0.3, 0.4) is 0 Å². The average Bonchev–Trinajstić information content (AvgIpc) is 3.86. The molecule has 1 atom stereocenters. The molecule has 9 rings (SSSR count). The van der Waals surface area contributed by atoms with E-state index in [1.165, 1.54) is 35.2 Å². The van der Waals surface area contributed by atoms with Crippen LogP contribution in [0.25, 0.3) is 53.3 Å². The second-order valence-electron chi connectivity index (χ2n) is 15.1. The zero-order valence-corrected chi connectivity index (χ0v) is 33.9. The Morgan fingerprint density at radius 2 is 1.44 bits per heavy atom. The summed E-state index contributed by atoms with van der Waals surface area (Å²) in [5.41, 5.74) is 6.04. The monoisotopic (exact) mass is 804 g/mol. The minimum atomic E-state index is -0.162. The molecule has 0 saturated carbocycles. The number of phenolic OH excluding ortho intramolecular Hbond substituents is 2. The fourth-order valence-electron chi connectivity index (χ4n) is 8.38. The summed E-state index contributed by atoms with van der Waals surface area (Å²) in [7, 11) is 0. The minimum Gasteiger partial charge on any atom is -0.507 e. The topological polar surface area (TPSA) is 142 Å². The van der Waals surface area contributed by atoms with E-state index in [2.05, 4.69) is 33.0 Å². The molecule has 13 heteroatoms. The van der Waals surface area contributed by atoms with Crippen LogP contribution in [0.5, 0.6) is 11.5 Å². The summed E-state index contributed by atoms with van der Waals surface area (Å²) in [4.78, 5) is 42.8. The number of thiazole rings is 2. The van der Waals surface area contributed by atoms with E-state index < -0.39 is 0 Å². The van der Waals surface area contributed by atoms with Crippen LogP contribution in [0.1, 0.15) is 65.3 Å². The van der Waals surface area contributed by atoms with Gasteiger partial charge in [0.2, 0.25) is 10.9 Å². The highest BCUT2D eigenvalue weighted by Crippen LogP contribution is 2.38. The third-order valence-corrected chi connectivity index (χ3v) is 13.5. The number of aromatic hydroxyl groups is 2. The molecule has 0 radical (unpaired) electrons. The quantitative estimate of drug-likeness (QED) is 0.145. The van der Waals surface area contributed by atoms with Gasteiger partial charge in [-0.05, 0) is 86.0 Å². The predicted molar refractivity (Wildman–Crippen MR) is 225 cm³/mol. The van der Waals surface area contributed by atoms with Gasteiger partial charge >= 0.3 is 0 Å². The van der Waals surface area contributed by atoms with Gasteiger partial charge in [0.15, 0.2) is 0 Å². The van der Waals surface area contributed by atoms with Crippen molar-refractivity contribution >= 4 is 54.8 Å². The average molecular weight is 805 g/mol. The molecule has 0 spiro atoms. The van der Waals surface area contributed by atoms with Crippen molar-refractivity contribution in [2.75, 3.05) is 39.4 Å². The first kappa shape index (κ1) is 37.6. The third-order valence-electron chi connectivity index (χ3n) is 11.5. The standard InChI is InChI=1S/C44H44N4O7S2/c1-4-25-16-30-40(52)34(23-55-41(30)31(37(25)49)20-47-11-13-53-14-12-47)44-46-35-17-27(8-9-36(35)57-44)28-7-6-10-48(19-28)21-32-38(50)26(5-2)15-29-39(51)33(22-54-42(29)32)43-45-18-24(3)56-43/h8-9,15-18,22-23,28,49-50H,4-7,10-14,19-21H2,1-3H3. The van der Waals surface area contributed by atoms with Crippen molar-refractivity contribution in [2.24, 2.45) is 0 Å². The van der Waals surface area contributed by atoms with Crippen molar-refractivity contribution in [3.63, 3.8) is 0 Å². The lowest BCUT2D eigenvalue weighted by Crippen LogP contribution is -2.35. The van der Waals surface area contributed by atoms with Crippen molar-refractivity contribution in [3.05, 3.63) is 102 Å². The minimum absolute atomic E-state index is 0.144. The largest absolute Gasteiger partial charge is 0.507 e. The van der Waals surface area contributed by atoms with Crippen molar-refractivity contribution in [3.8, 4) is 32.6 Å². The molecule has 1 unspecified atom stereocenters. The summed E-state index contributed by atoms with van der Waals surface area (Å²) in [6.45, 7) is 11.2. The van der Waals surface area contributed by atoms with Crippen LogP contribution in [0, 0.1) is 6.92 Å². The number of piperidine rings is 1. The molecule has 0 amide bonds. The van der Waals surface area contributed by atoms with Crippen LogP contribution in [0.15, 0.2) is 67.5 Å². The maximum atomic E-state index is 14.1. The highest BCUT2D eigenvalue weighted by atomic mass is 32.1. The van der Waals surface area contributed by atoms with E-state index in [1.54, 1.807) is 18.3 Å². The molecule has 2 aliphatic heterocycles. The highest BCUT2D eigenvalue weighted by molar-refractivity contribution is 7.21. The second kappa shape index (κ2) is 15.4. The number of likely N-dealkylation sites (tertiary alicyclic amines) is 1. The SMILES string of the molecule is CCc1cc2c(=O)c(-c3ncc(C)s3)coc2c(CN2CCCC(c3ccc4sc(-c5coc6c(CN7CCOCC7)c(O)c(CC)cc6c5=O)nc4c3)C2)c1O. The Morgan fingerprint density at radius 1 is 0.807 bits per heavy atom. The molecule has 2 fully saturated rings. The van der Waals surface area contributed by atoms with Crippen LogP contribution >= 0.6 is 22.7 Å². The van der Waals surface area contributed by atoms with Crippen LogP contribution in [0.4, 0.5) is 0 Å². The first-order valence-electron chi connectivity index (χ1n) is 19.6. The molecule has 2 N–H and O–H groups in total. The number of nitrogens with zero attached hydrogens (tertiary/aromatic N) is 4. The van der Waals surface area contributed by atoms with Crippen molar-refractivity contribution in [2.45, 2.75) is 65.5 Å². The molecule has 3 aromatic carbocycles. The maximum absolute atomic E-state index is 14.1. The van der Waals surface area contributed by atoms with Crippen LogP contribution < -0.4 is 10.9 Å². The zero-order chi connectivity index (χ0) is 39.4. The number of morpholine rings is 1. The van der Waals surface area contributed by atoms with Gasteiger partial charge in [0.1, 0.15) is 45.2 Å². The second-order valence-corrected chi connectivity index (χ2v) is 17.4. The molecule has 57 heavy (non-hydrogen) atoms. The lowest BCUT2D eigenvalue weighted by molar-refractivity contribution is 0.0339. The number of hydrogen-bond donors (Lipinski definition) is 2. The van der Waals surface area contributed by atoms with Gasteiger partial charge in [-0.3, -0.25) is 19.4 Å². The van der Waals surface area contributed by atoms with E-state index in [9.17, 15) is 19.8 Å². The normalized spacial score (nSPS) is 17.0. The van der Waals surface area contributed by atoms with Crippen molar-refractivity contribution < 1.29 is 23.8 Å². The fraction of sp³-hybridized carbons (Fsp3) is 0.364. The number of aryl methyl sites for hydroxylation is 3. The highest BCUT2D eigenvalue weighted by Gasteiger charge is 2.27. The summed E-state index contributed by atoms with van der Waals surface area (Å²) in [6.07, 6.45) is 7.85. The number of aromatic nitrogens is 2. The molecule has 4 aromatic heterocycles. The number of phenols is 2. The van der Waals surface area contributed by atoms with Gasteiger partial charge in [-0.15, -0.1) is 22.7 Å². The Hall–Kier alpha value is -4.92. The van der Waals surface area contributed by atoms with Gasteiger partial charge < -0.3 is 23.8 Å². The van der Waals surface area contributed by atoms with E-state index >= 15 is 0 Å². The molecule has 0 bridgehead atoms. The van der Waals surface area contributed by atoms with E-state index in [-0.39, 0.29) is 28.3 Å². The zero-order valence-electron chi connectivity index (χ0n) is 32.2. The number of ether oxygens (including phenoxy) is 1. The van der Waals surface area contributed by atoms with Gasteiger partial charge in [0.05, 0.1) is 56.5 Å². The lowest BCUT2D eigenvalue weighted by Gasteiger charge is -2.33. The van der Waals surface area contributed by atoms with Gasteiger partial charge in [-0.2, -0.15) is 0 Å². The Kier molecular flexibility index (Phi) is 10.2. The van der Waals surface area contributed by atoms with Gasteiger partial charge in [0, 0.05) is 43.8 Å². The summed E-state index contributed by atoms with van der Waals surface area (Å²) in [5, 5.41) is 24.8. The van der Waals surface area contributed by atoms with Gasteiger partial charge in [-0.1, -0.05) is 19.9 Å². The summed E-state index contributed by atoms with van der Waals surface area (Å²) >= 11 is 2.92. The van der Waals surface area contributed by atoms with E-state index in [1.807, 2.05) is 20.8 Å². The molecule has 11 nitrogen and oxygen atoms in total. The van der Waals surface area contributed by atoms with E-state index in [0.29, 0.717) is 104 Å². The Morgan fingerprint density at radius 3 is 2.05 bits per heavy atom. The number of fused-ring (bicyclic) bond motifs is 3. The van der Waals surface area contributed by atoms with E-state index in [4.69, 9.17) is 18.6 Å².